The quantitative estimate of drug-likeness (QED) is 0.846. The van der Waals surface area contributed by atoms with E-state index in [0.717, 1.165) is 35.7 Å². The van der Waals surface area contributed by atoms with Gasteiger partial charge in [0, 0.05) is 18.2 Å². The molecule has 1 aliphatic rings. The van der Waals surface area contributed by atoms with Crippen molar-refractivity contribution < 1.29 is 14.3 Å². The Balaban J connectivity index is 1.61. The number of rotatable bonds is 6. The first-order valence-electron chi connectivity index (χ1n) is 8.17. The second-order valence-electron chi connectivity index (χ2n) is 5.57. The second-order valence-corrected chi connectivity index (χ2v) is 5.57. The zero-order valence-electron chi connectivity index (χ0n) is 13.7. The van der Waals surface area contributed by atoms with Crippen molar-refractivity contribution in [3.63, 3.8) is 0 Å². The van der Waals surface area contributed by atoms with Crippen molar-refractivity contribution in [2.24, 2.45) is 0 Å². The molecule has 1 amide bonds. The van der Waals surface area contributed by atoms with E-state index in [4.69, 9.17) is 9.47 Å². The molecule has 0 bridgehead atoms. The van der Waals surface area contributed by atoms with E-state index in [1.54, 1.807) is 12.3 Å². The molecule has 0 radical (unpaired) electrons. The highest BCUT2D eigenvalue weighted by molar-refractivity contribution is 5.89. The van der Waals surface area contributed by atoms with Crippen LogP contribution in [0.2, 0.25) is 0 Å². The van der Waals surface area contributed by atoms with Crippen LogP contribution in [0.3, 0.4) is 0 Å². The topological polar surface area (TPSA) is 72.5 Å². The van der Waals surface area contributed by atoms with Crippen molar-refractivity contribution in [1.29, 1.82) is 0 Å². The summed E-state index contributed by atoms with van der Waals surface area (Å²) < 4.78 is 11.1. The van der Waals surface area contributed by atoms with E-state index in [9.17, 15) is 4.79 Å². The van der Waals surface area contributed by atoms with Gasteiger partial charge in [-0.25, -0.2) is 4.98 Å². The minimum atomic E-state index is -0.00287. The summed E-state index contributed by atoms with van der Waals surface area (Å²) in [6, 6.07) is 9.36. The van der Waals surface area contributed by atoms with Crippen molar-refractivity contribution in [2.75, 3.05) is 23.8 Å². The third-order valence-corrected chi connectivity index (χ3v) is 3.62. The van der Waals surface area contributed by atoms with Gasteiger partial charge < -0.3 is 20.1 Å². The number of hydrogen-bond acceptors (Lipinski definition) is 5. The van der Waals surface area contributed by atoms with Crippen LogP contribution < -0.4 is 20.1 Å². The predicted molar refractivity (Wildman–Crippen MR) is 93.1 cm³/mol. The van der Waals surface area contributed by atoms with Gasteiger partial charge in [0.15, 0.2) is 11.5 Å². The van der Waals surface area contributed by atoms with Gasteiger partial charge in [-0.15, -0.1) is 0 Å². The summed E-state index contributed by atoms with van der Waals surface area (Å²) in [6.45, 7) is 3.20. The Hall–Kier alpha value is -2.76. The molecule has 2 aromatic rings. The van der Waals surface area contributed by atoms with Gasteiger partial charge >= 0.3 is 0 Å². The molecule has 2 heterocycles. The lowest BCUT2D eigenvalue weighted by atomic mass is 10.2. The summed E-state index contributed by atoms with van der Waals surface area (Å²) in [7, 11) is 0. The van der Waals surface area contributed by atoms with Crippen LogP contribution in [0.1, 0.15) is 26.2 Å². The van der Waals surface area contributed by atoms with Crippen LogP contribution in [0.4, 0.5) is 17.2 Å². The maximum absolute atomic E-state index is 11.7. The summed E-state index contributed by atoms with van der Waals surface area (Å²) in [5, 5.41) is 6.05. The normalized spacial score (nSPS) is 12.5. The number of ether oxygens (including phenoxy) is 2. The SMILES string of the molecule is CCCCC(=O)Nc1ccc(Nc2ccc3c(c2)OCCO3)cn1. The van der Waals surface area contributed by atoms with E-state index in [-0.39, 0.29) is 5.91 Å². The van der Waals surface area contributed by atoms with Gasteiger partial charge in [0.25, 0.3) is 0 Å². The average molecular weight is 327 g/mol. The molecular weight excluding hydrogens is 306 g/mol. The summed E-state index contributed by atoms with van der Waals surface area (Å²) >= 11 is 0. The molecule has 0 saturated heterocycles. The van der Waals surface area contributed by atoms with Gasteiger partial charge in [-0.2, -0.15) is 0 Å². The van der Waals surface area contributed by atoms with E-state index in [1.165, 1.54) is 0 Å². The standard InChI is InChI=1S/C18H21N3O3/c1-2-3-4-18(22)21-17-8-6-14(12-19-17)20-13-5-7-15-16(11-13)24-10-9-23-15/h5-8,11-12,20H,2-4,9-10H2,1H3,(H,19,21,22). The molecule has 6 nitrogen and oxygen atoms in total. The minimum Gasteiger partial charge on any atom is -0.486 e. The summed E-state index contributed by atoms with van der Waals surface area (Å²) in [5.74, 6) is 2.05. The van der Waals surface area contributed by atoms with Crippen LogP contribution in [0.5, 0.6) is 11.5 Å². The van der Waals surface area contributed by atoms with Crippen LogP contribution >= 0.6 is 0 Å². The minimum absolute atomic E-state index is 0.00287. The molecule has 1 aliphatic heterocycles. The summed E-state index contributed by atoms with van der Waals surface area (Å²) in [4.78, 5) is 16.0. The Bertz CT molecular complexity index is 701. The van der Waals surface area contributed by atoms with E-state index < -0.39 is 0 Å². The van der Waals surface area contributed by atoms with Gasteiger partial charge in [-0.3, -0.25) is 4.79 Å². The number of unbranched alkanes of at least 4 members (excludes halogenated alkanes) is 1. The van der Waals surface area contributed by atoms with E-state index in [0.29, 0.717) is 25.5 Å². The highest BCUT2D eigenvalue weighted by Crippen LogP contribution is 2.33. The van der Waals surface area contributed by atoms with Crippen LogP contribution in [-0.4, -0.2) is 24.1 Å². The van der Waals surface area contributed by atoms with E-state index >= 15 is 0 Å². The maximum atomic E-state index is 11.7. The smallest absolute Gasteiger partial charge is 0.225 e. The van der Waals surface area contributed by atoms with Crippen molar-refractivity contribution in [2.45, 2.75) is 26.2 Å². The molecule has 0 aliphatic carbocycles. The average Bonchev–Trinajstić information content (AvgIpc) is 2.61. The highest BCUT2D eigenvalue weighted by atomic mass is 16.6. The molecule has 24 heavy (non-hydrogen) atoms. The van der Waals surface area contributed by atoms with Gasteiger partial charge in [0.2, 0.25) is 5.91 Å². The van der Waals surface area contributed by atoms with Crippen LogP contribution in [0.25, 0.3) is 0 Å². The van der Waals surface area contributed by atoms with Crippen molar-refractivity contribution in [1.82, 2.24) is 4.98 Å². The van der Waals surface area contributed by atoms with Gasteiger partial charge in [-0.05, 0) is 30.7 Å². The number of pyridine rings is 1. The Morgan fingerprint density at radius 3 is 2.67 bits per heavy atom. The first-order chi connectivity index (χ1) is 11.7. The van der Waals surface area contributed by atoms with Crippen molar-refractivity contribution in [3.05, 3.63) is 36.5 Å². The third kappa shape index (κ3) is 4.16. The number of carbonyl (C=O) groups excluding carboxylic acids is 1. The molecule has 2 N–H and O–H groups in total. The number of anilines is 3. The zero-order chi connectivity index (χ0) is 16.8. The molecule has 0 fully saturated rings. The van der Waals surface area contributed by atoms with E-state index in [1.807, 2.05) is 24.3 Å². The number of fused-ring (bicyclic) bond motifs is 1. The molecular formula is C18H21N3O3. The number of nitrogens with zero attached hydrogens (tertiary/aromatic N) is 1. The Kier molecular flexibility index (Phi) is 5.15. The fraction of sp³-hybridized carbons (Fsp3) is 0.333. The lowest BCUT2D eigenvalue weighted by molar-refractivity contribution is -0.116. The molecule has 6 heteroatoms. The summed E-state index contributed by atoms with van der Waals surface area (Å²) in [5.41, 5.74) is 1.72. The number of carbonyl (C=O) groups is 1. The predicted octanol–water partition coefficient (Wildman–Crippen LogP) is 3.73. The number of hydrogen-bond donors (Lipinski definition) is 2. The van der Waals surface area contributed by atoms with Crippen LogP contribution in [0.15, 0.2) is 36.5 Å². The molecule has 3 rings (SSSR count). The van der Waals surface area contributed by atoms with Crippen LogP contribution in [-0.2, 0) is 4.79 Å². The highest BCUT2D eigenvalue weighted by Gasteiger charge is 2.11. The van der Waals surface area contributed by atoms with Gasteiger partial charge in [-0.1, -0.05) is 13.3 Å². The fourth-order valence-electron chi connectivity index (χ4n) is 2.37. The fourth-order valence-corrected chi connectivity index (χ4v) is 2.37. The molecule has 0 atom stereocenters. The van der Waals surface area contributed by atoms with Crippen molar-refractivity contribution in [3.8, 4) is 11.5 Å². The number of amides is 1. The largest absolute Gasteiger partial charge is 0.486 e. The Morgan fingerprint density at radius 1 is 1.12 bits per heavy atom. The first kappa shape index (κ1) is 16.1. The summed E-state index contributed by atoms with van der Waals surface area (Å²) in [6.07, 6.45) is 4.09. The lowest BCUT2D eigenvalue weighted by Crippen LogP contribution is -2.15. The monoisotopic (exact) mass is 327 g/mol. The Morgan fingerprint density at radius 2 is 1.92 bits per heavy atom. The Labute approximate surface area is 141 Å². The van der Waals surface area contributed by atoms with Crippen molar-refractivity contribution >= 4 is 23.1 Å². The molecule has 0 unspecified atom stereocenters. The van der Waals surface area contributed by atoms with Crippen LogP contribution in [0, 0.1) is 0 Å². The zero-order valence-corrected chi connectivity index (χ0v) is 13.7. The number of nitrogens with one attached hydrogen (secondary N) is 2. The third-order valence-electron chi connectivity index (χ3n) is 3.62. The molecule has 1 aromatic carbocycles. The lowest BCUT2D eigenvalue weighted by Gasteiger charge is -2.19. The molecule has 0 saturated carbocycles. The molecule has 126 valence electrons. The number of aromatic nitrogens is 1. The van der Waals surface area contributed by atoms with Gasteiger partial charge in [0.1, 0.15) is 19.0 Å². The molecule has 1 aromatic heterocycles. The first-order valence-corrected chi connectivity index (χ1v) is 8.17. The number of benzene rings is 1. The second kappa shape index (κ2) is 7.68. The van der Waals surface area contributed by atoms with Gasteiger partial charge in [0.05, 0.1) is 11.9 Å². The molecule has 0 spiro atoms. The maximum Gasteiger partial charge on any atom is 0.225 e. The van der Waals surface area contributed by atoms with E-state index in [2.05, 4.69) is 22.5 Å².